The molecule has 2 nitrogen and oxygen atoms in total. The summed E-state index contributed by atoms with van der Waals surface area (Å²) in [6.07, 6.45) is 3.59. The standard InChI is InChI=1S/C13H16FNOS/c1-15(8-9-3-2-4-9)13(16)11-7-10(17)5-6-12(11)14/h5-7,9,17H,2-4,8H2,1H3. The number of hydrogen-bond acceptors (Lipinski definition) is 2. The molecule has 0 heterocycles. The number of nitrogens with zero attached hydrogens (tertiary/aromatic N) is 1. The molecule has 0 aromatic heterocycles. The third-order valence-corrected chi connectivity index (χ3v) is 3.56. The van der Waals surface area contributed by atoms with Gasteiger partial charge in [-0.2, -0.15) is 0 Å². The molecule has 0 aliphatic heterocycles. The SMILES string of the molecule is CN(CC1CCC1)C(=O)c1cc(S)ccc1F. The second-order valence-corrected chi connectivity index (χ2v) is 5.16. The summed E-state index contributed by atoms with van der Waals surface area (Å²) in [5.41, 5.74) is 0.110. The summed E-state index contributed by atoms with van der Waals surface area (Å²) < 4.78 is 13.5. The lowest BCUT2D eigenvalue weighted by atomic mass is 9.85. The van der Waals surface area contributed by atoms with Gasteiger partial charge in [0.2, 0.25) is 0 Å². The zero-order valence-corrected chi connectivity index (χ0v) is 10.7. The molecule has 2 rings (SSSR count). The molecule has 1 aromatic rings. The van der Waals surface area contributed by atoms with Crippen LogP contribution in [0.3, 0.4) is 0 Å². The van der Waals surface area contributed by atoms with Crippen LogP contribution in [-0.2, 0) is 0 Å². The van der Waals surface area contributed by atoms with Crippen LogP contribution in [0.4, 0.5) is 4.39 Å². The molecule has 1 fully saturated rings. The van der Waals surface area contributed by atoms with Gasteiger partial charge in [0.05, 0.1) is 5.56 Å². The topological polar surface area (TPSA) is 20.3 Å². The van der Waals surface area contributed by atoms with Gasteiger partial charge in [-0.25, -0.2) is 4.39 Å². The zero-order valence-electron chi connectivity index (χ0n) is 9.82. The highest BCUT2D eigenvalue weighted by molar-refractivity contribution is 7.80. The molecule has 1 saturated carbocycles. The highest BCUT2D eigenvalue weighted by atomic mass is 32.1. The molecule has 1 amide bonds. The Morgan fingerprint density at radius 3 is 2.82 bits per heavy atom. The second kappa shape index (κ2) is 5.08. The predicted octanol–water partition coefficient (Wildman–Crippen LogP) is 2.99. The number of rotatable bonds is 3. The van der Waals surface area contributed by atoms with E-state index in [0.29, 0.717) is 10.8 Å². The lowest BCUT2D eigenvalue weighted by Crippen LogP contribution is -2.34. The average Bonchev–Trinajstić information content (AvgIpc) is 2.25. The number of amides is 1. The Morgan fingerprint density at radius 1 is 1.53 bits per heavy atom. The maximum Gasteiger partial charge on any atom is 0.256 e. The summed E-state index contributed by atoms with van der Waals surface area (Å²) >= 11 is 4.13. The van der Waals surface area contributed by atoms with Crippen molar-refractivity contribution in [1.29, 1.82) is 0 Å². The summed E-state index contributed by atoms with van der Waals surface area (Å²) in [6, 6.07) is 4.31. The molecule has 0 saturated heterocycles. The summed E-state index contributed by atoms with van der Waals surface area (Å²) in [6.45, 7) is 0.717. The van der Waals surface area contributed by atoms with Gasteiger partial charge in [-0.05, 0) is 37.0 Å². The quantitative estimate of drug-likeness (QED) is 0.821. The van der Waals surface area contributed by atoms with E-state index in [4.69, 9.17) is 0 Å². The first-order valence-corrected chi connectivity index (χ1v) is 6.26. The molecule has 17 heavy (non-hydrogen) atoms. The Balaban J connectivity index is 2.09. The van der Waals surface area contributed by atoms with Crippen molar-refractivity contribution in [2.75, 3.05) is 13.6 Å². The van der Waals surface area contributed by atoms with Crippen LogP contribution in [0.2, 0.25) is 0 Å². The number of hydrogen-bond donors (Lipinski definition) is 1. The van der Waals surface area contributed by atoms with Crippen molar-refractivity contribution in [2.45, 2.75) is 24.2 Å². The zero-order chi connectivity index (χ0) is 12.4. The molecular formula is C13H16FNOS. The first kappa shape index (κ1) is 12.4. The number of halogens is 1. The molecule has 0 radical (unpaired) electrons. The van der Waals surface area contributed by atoms with Gasteiger partial charge < -0.3 is 4.90 Å². The van der Waals surface area contributed by atoms with Crippen LogP contribution >= 0.6 is 12.6 Å². The van der Waals surface area contributed by atoms with E-state index in [1.54, 1.807) is 18.0 Å². The van der Waals surface area contributed by atoms with Gasteiger partial charge in [-0.15, -0.1) is 12.6 Å². The van der Waals surface area contributed by atoms with E-state index in [1.165, 1.54) is 31.4 Å². The van der Waals surface area contributed by atoms with Crippen molar-refractivity contribution < 1.29 is 9.18 Å². The van der Waals surface area contributed by atoms with Crippen molar-refractivity contribution in [3.8, 4) is 0 Å². The predicted molar refractivity (Wildman–Crippen MR) is 68.0 cm³/mol. The fourth-order valence-corrected chi connectivity index (χ4v) is 2.23. The van der Waals surface area contributed by atoms with Crippen molar-refractivity contribution in [3.05, 3.63) is 29.6 Å². The Kier molecular flexibility index (Phi) is 3.72. The van der Waals surface area contributed by atoms with Crippen LogP contribution in [-0.4, -0.2) is 24.4 Å². The average molecular weight is 253 g/mol. The number of thiol groups is 1. The summed E-state index contributed by atoms with van der Waals surface area (Å²) in [5.74, 6) is -0.148. The maximum absolute atomic E-state index is 13.5. The molecule has 0 atom stereocenters. The Morgan fingerprint density at radius 2 is 2.24 bits per heavy atom. The summed E-state index contributed by atoms with van der Waals surface area (Å²) in [5, 5.41) is 0. The molecule has 1 aliphatic carbocycles. The van der Waals surface area contributed by atoms with E-state index in [9.17, 15) is 9.18 Å². The fourth-order valence-electron chi connectivity index (χ4n) is 2.03. The Hall–Kier alpha value is -1.03. The van der Waals surface area contributed by atoms with E-state index in [1.807, 2.05) is 0 Å². The van der Waals surface area contributed by atoms with Crippen molar-refractivity contribution >= 4 is 18.5 Å². The second-order valence-electron chi connectivity index (χ2n) is 4.65. The smallest absolute Gasteiger partial charge is 0.256 e. The minimum Gasteiger partial charge on any atom is -0.341 e. The molecule has 0 N–H and O–H groups in total. The molecule has 0 unspecified atom stereocenters. The summed E-state index contributed by atoms with van der Waals surface area (Å²) in [4.78, 5) is 14.3. The molecule has 1 aliphatic rings. The fraction of sp³-hybridized carbons (Fsp3) is 0.462. The monoisotopic (exact) mass is 253 g/mol. The Labute approximate surface area is 106 Å². The van der Waals surface area contributed by atoms with Gasteiger partial charge in [0.15, 0.2) is 0 Å². The minimum absolute atomic E-state index is 0.110. The van der Waals surface area contributed by atoms with E-state index in [2.05, 4.69) is 12.6 Å². The van der Waals surface area contributed by atoms with Crippen LogP contribution in [0.1, 0.15) is 29.6 Å². The number of carbonyl (C=O) groups is 1. The van der Waals surface area contributed by atoms with Crippen LogP contribution in [0.5, 0.6) is 0 Å². The van der Waals surface area contributed by atoms with Crippen LogP contribution in [0, 0.1) is 11.7 Å². The van der Waals surface area contributed by atoms with Crippen LogP contribution in [0.25, 0.3) is 0 Å². The number of benzene rings is 1. The largest absolute Gasteiger partial charge is 0.341 e. The van der Waals surface area contributed by atoms with E-state index < -0.39 is 5.82 Å². The first-order valence-electron chi connectivity index (χ1n) is 5.82. The third kappa shape index (κ3) is 2.80. The van der Waals surface area contributed by atoms with Gasteiger partial charge in [-0.1, -0.05) is 6.42 Å². The van der Waals surface area contributed by atoms with Crippen molar-refractivity contribution in [3.63, 3.8) is 0 Å². The molecule has 1 aromatic carbocycles. The van der Waals surface area contributed by atoms with E-state index in [-0.39, 0.29) is 11.5 Å². The molecule has 0 bridgehead atoms. The van der Waals surface area contributed by atoms with Gasteiger partial charge in [0.25, 0.3) is 5.91 Å². The summed E-state index contributed by atoms with van der Waals surface area (Å²) in [7, 11) is 1.73. The van der Waals surface area contributed by atoms with Gasteiger partial charge in [0.1, 0.15) is 5.82 Å². The Bertz CT molecular complexity index is 431. The van der Waals surface area contributed by atoms with Crippen molar-refractivity contribution in [2.24, 2.45) is 5.92 Å². The lowest BCUT2D eigenvalue weighted by Gasteiger charge is -2.30. The molecule has 4 heteroatoms. The minimum atomic E-state index is -0.478. The third-order valence-electron chi connectivity index (χ3n) is 3.28. The van der Waals surface area contributed by atoms with Crippen molar-refractivity contribution in [1.82, 2.24) is 4.90 Å². The van der Waals surface area contributed by atoms with E-state index >= 15 is 0 Å². The normalized spacial score (nSPS) is 15.5. The van der Waals surface area contributed by atoms with Gasteiger partial charge >= 0.3 is 0 Å². The van der Waals surface area contributed by atoms with Gasteiger partial charge in [0, 0.05) is 18.5 Å². The molecule has 92 valence electrons. The number of carbonyl (C=O) groups excluding carboxylic acids is 1. The molecular weight excluding hydrogens is 237 g/mol. The highest BCUT2D eigenvalue weighted by Gasteiger charge is 2.23. The lowest BCUT2D eigenvalue weighted by molar-refractivity contribution is 0.0740. The molecule has 0 spiro atoms. The van der Waals surface area contributed by atoms with Gasteiger partial charge in [-0.3, -0.25) is 4.79 Å². The first-order chi connectivity index (χ1) is 8.08. The van der Waals surface area contributed by atoms with Crippen LogP contribution < -0.4 is 0 Å². The van der Waals surface area contributed by atoms with E-state index in [0.717, 1.165) is 6.54 Å². The highest BCUT2D eigenvalue weighted by Crippen LogP contribution is 2.27. The maximum atomic E-state index is 13.5. The van der Waals surface area contributed by atoms with Crippen LogP contribution in [0.15, 0.2) is 23.1 Å².